The molecule has 0 aromatic carbocycles. The maximum Gasteiger partial charge on any atom is 0.490 e. The molecule has 0 bridgehead atoms. The van der Waals surface area contributed by atoms with E-state index in [0.29, 0.717) is 0 Å². The van der Waals surface area contributed by atoms with E-state index < -0.39 is 59.7 Å². The van der Waals surface area contributed by atoms with Gasteiger partial charge in [0.05, 0.1) is 12.5 Å². The number of hydrogen-bond donors (Lipinski definition) is 7. The summed E-state index contributed by atoms with van der Waals surface area (Å²) in [7, 11) is -17.0. The summed E-state index contributed by atoms with van der Waals surface area (Å²) in [4.78, 5) is 49.5. The molecule has 172 valence electrons. The SMILES string of the molecule is CC1(O)C(CO)[C@@H](OP(=O)(O)OP(=O)(O)OP(=O)(O)O)O[C@H]1n1ccc(=O)[nH]c1=S. The first kappa shape index (κ1) is 25.6. The summed E-state index contributed by atoms with van der Waals surface area (Å²) in [5.41, 5.74) is -2.60. The van der Waals surface area contributed by atoms with Crippen LogP contribution in [0, 0.1) is 10.7 Å². The lowest BCUT2D eigenvalue weighted by Gasteiger charge is -2.29. The molecular weight excluding hydrogens is 497 g/mol. The van der Waals surface area contributed by atoms with Crippen LogP contribution in [-0.2, 0) is 31.6 Å². The summed E-state index contributed by atoms with van der Waals surface area (Å²) in [6, 6.07) is 1.03. The molecule has 7 N–H and O–H groups in total. The van der Waals surface area contributed by atoms with Gasteiger partial charge >= 0.3 is 23.5 Å². The van der Waals surface area contributed by atoms with Crippen molar-refractivity contribution in [3.05, 3.63) is 27.4 Å². The fourth-order valence-corrected chi connectivity index (χ4v) is 5.95. The quantitative estimate of drug-likeness (QED) is 0.170. The highest BCUT2D eigenvalue weighted by Gasteiger charge is 2.56. The standard InChI is InChI=1S/C10H17N2O14P3S/c1-10(15)5(4-13)7(23-8(10)12-3-2-6(14)11-9(12)30)24-28(19,20)26-29(21,22)25-27(16,17)18/h2-3,5,7-8,13,15H,4H2,1H3,(H,19,20)(H,21,22)(H,11,14,30)(H2,16,17,18)/t5?,7-,8-,10?/m1/s1. The van der Waals surface area contributed by atoms with Crippen LogP contribution in [0.5, 0.6) is 0 Å². The fourth-order valence-electron chi connectivity index (χ4n) is 2.58. The molecular formula is C10H17N2O14P3S. The Morgan fingerprint density at radius 2 is 1.83 bits per heavy atom. The number of aliphatic hydroxyl groups excluding tert-OH is 1. The van der Waals surface area contributed by atoms with E-state index in [9.17, 15) is 38.5 Å². The Hall–Kier alpha value is -0.610. The predicted molar refractivity (Wildman–Crippen MR) is 95.9 cm³/mol. The third-order valence-corrected chi connectivity index (χ3v) is 7.91. The van der Waals surface area contributed by atoms with E-state index in [1.807, 2.05) is 0 Å². The van der Waals surface area contributed by atoms with E-state index in [4.69, 9.17) is 26.7 Å². The highest BCUT2D eigenvalue weighted by Crippen LogP contribution is 2.67. The van der Waals surface area contributed by atoms with Crippen molar-refractivity contribution in [2.45, 2.75) is 25.0 Å². The molecule has 6 atom stereocenters. The van der Waals surface area contributed by atoms with Gasteiger partial charge in [0.2, 0.25) is 0 Å². The third-order valence-electron chi connectivity index (χ3n) is 3.80. The van der Waals surface area contributed by atoms with E-state index in [1.54, 1.807) is 0 Å². The average molecular weight is 514 g/mol. The topological polar surface area (TPSA) is 247 Å². The van der Waals surface area contributed by atoms with Crippen LogP contribution in [0.4, 0.5) is 0 Å². The first-order valence-corrected chi connectivity index (χ1v) is 12.5. The lowest BCUT2D eigenvalue weighted by Crippen LogP contribution is -2.42. The van der Waals surface area contributed by atoms with Gasteiger partial charge in [-0.25, -0.2) is 13.7 Å². The smallest absolute Gasteiger partial charge is 0.396 e. The normalized spacial score (nSPS) is 31.2. The van der Waals surface area contributed by atoms with E-state index in [-0.39, 0.29) is 4.77 Å². The molecule has 0 aliphatic carbocycles. The van der Waals surface area contributed by atoms with Crippen LogP contribution in [-0.4, -0.2) is 57.8 Å². The largest absolute Gasteiger partial charge is 0.490 e. The molecule has 1 aromatic rings. The first-order chi connectivity index (χ1) is 13.5. The van der Waals surface area contributed by atoms with Gasteiger partial charge in [-0.3, -0.25) is 18.9 Å². The molecule has 1 saturated heterocycles. The summed E-state index contributed by atoms with van der Waals surface area (Å²) in [6.45, 7) is 0.256. The van der Waals surface area contributed by atoms with Crippen molar-refractivity contribution in [2.75, 3.05) is 6.61 Å². The van der Waals surface area contributed by atoms with Gasteiger partial charge in [-0.05, 0) is 19.1 Å². The molecule has 1 fully saturated rings. The maximum atomic E-state index is 12.0. The number of H-pyrrole nitrogens is 1. The molecule has 0 radical (unpaired) electrons. The van der Waals surface area contributed by atoms with Crippen molar-refractivity contribution < 1.29 is 61.4 Å². The Kier molecular flexibility index (Phi) is 7.46. The molecule has 1 aliphatic rings. The van der Waals surface area contributed by atoms with Crippen LogP contribution in [0.1, 0.15) is 13.2 Å². The minimum atomic E-state index is -5.78. The highest BCUT2D eigenvalue weighted by molar-refractivity contribution is 7.71. The Morgan fingerprint density at radius 1 is 1.23 bits per heavy atom. The average Bonchev–Trinajstić information content (AvgIpc) is 2.72. The number of phosphoric acid groups is 3. The number of rotatable bonds is 8. The molecule has 2 rings (SSSR count). The molecule has 20 heteroatoms. The van der Waals surface area contributed by atoms with Crippen LogP contribution < -0.4 is 5.56 Å². The Bertz CT molecular complexity index is 1050. The zero-order valence-electron chi connectivity index (χ0n) is 14.7. The van der Waals surface area contributed by atoms with E-state index >= 15 is 0 Å². The number of aliphatic hydroxyl groups is 2. The number of ether oxygens (including phenoxy) is 1. The molecule has 30 heavy (non-hydrogen) atoms. The molecule has 1 aliphatic heterocycles. The van der Waals surface area contributed by atoms with Crippen molar-refractivity contribution >= 4 is 35.7 Å². The van der Waals surface area contributed by atoms with Crippen LogP contribution >= 0.6 is 35.7 Å². The van der Waals surface area contributed by atoms with Crippen molar-refractivity contribution in [3.63, 3.8) is 0 Å². The maximum absolute atomic E-state index is 12.0. The lowest BCUT2D eigenvalue weighted by molar-refractivity contribution is -0.133. The molecule has 16 nitrogen and oxygen atoms in total. The van der Waals surface area contributed by atoms with Gasteiger partial charge in [0.25, 0.3) is 5.56 Å². The third kappa shape index (κ3) is 6.22. The van der Waals surface area contributed by atoms with Gasteiger partial charge in [-0.2, -0.15) is 8.62 Å². The molecule has 2 heterocycles. The second-order valence-electron chi connectivity index (χ2n) is 6.09. The minimum Gasteiger partial charge on any atom is -0.396 e. The number of aromatic nitrogens is 2. The van der Waals surface area contributed by atoms with Crippen molar-refractivity contribution in [3.8, 4) is 0 Å². The molecule has 0 amide bonds. The Balaban J connectivity index is 2.30. The lowest BCUT2D eigenvalue weighted by atomic mass is 9.90. The van der Waals surface area contributed by atoms with Gasteiger partial charge in [0.1, 0.15) is 5.60 Å². The van der Waals surface area contributed by atoms with E-state index in [2.05, 4.69) is 18.1 Å². The molecule has 4 unspecified atom stereocenters. The number of hydrogen-bond acceptors (Lipinski definition) is 11. The van der Waals surface area contributed by atoms with Crippen molar-refractivity contribution in [1.82, 2.24) is 9.55 Å². The van der Waals surface area contributed by atoms with E-state index in [1.165, 1.54) is 0 Å². The molecule has 1 aromatic heterocycles. The molecule has 0 spiro atoms. The van der Waals surface area contributed by atoms with Crippen LogP contribution in [0.25, 0.3) is 0 Å². The van der Waals surface area contributed by atoms with Crippen LogP contribution in [0.2, 0.25) is 0 Å². The zero-order chi connectivity index (χ0) is 23.1. The van der Waals surface area contributed by atoms with Gasteiger partial charge in [-0.1, -0.05) is 0 Å². The molecule has 0 saturated carbocycles. The van der Waals surface area contributed by atoms with Crippen molar-refractivity contribution in [1.29, 1.82) is 0 Å². The number of aromatic amines is 1. The Morgan fingerprint density at radius 3 is 2.33 bits per heavy atom. The second kappa shape index (κ2) is 8.73. The predicted octanol–water partition coefficient (Wildman–Crippen LogP) is -0.536. The summed E-state index contributed by atoms with van der Waals surface area (Å²) in [5.74, 6) is -1.46. The Labute approximate surface area is 172 Å². The summed E-state index contributed by atoms with van der Waals surface area (Å²) < 4.78 is 52.0. The van der Waals surface area contributed by atoms with E-state index in [0.717, 1.165) is 23.8 Å². The number of phosphoric ester groups is 1. The summed E-state index contributed by atoms with van der Waals surface area (Å²) in [5, 5.41) is 20.3. The van der Waals surface area contributed by atoms with Crippen molar-refractivity contribution in [2.24, 2.45) is 5.92 Å². The monoisotopic (exact) mass is 514 g/mol. The van der Waals surface area contributed by atoms with Gasteiger partial charge in [0, 0.05) is 12.3 Å². The zero-order valence-corrected chi connectivity index (χ0v) is 18.2. The number of nitrogens with one attached hydrogen (secondary N) is 1. The van der Waals surface area contributed by atoms with Crippen LogP contribution in [0.3, 0.4) is 0 Å². The highest BCUT2D eigenvalue weighted by atomic mass is 32.1. The number of nitrogens with zero attached hydrogens (tertiary/aromatic N) is 1. The first-order valence-electron chi connectivity index (χ1n) is 7.60. The summed E-state index contributed by atoms with van der Waals surface area (Å²) in [6.07, 6.45) is -2.30. The fraction of sp³-hybridized carbons (Fsp3) is 0.600. The summed E-state index contributed by atoms with van der Waals surface area (Å²) >= 11 is 4.95. The van der Waals surface area contributed by atoms with Gasteiger partial charge < -0.3 is 34.5 Å². The van der Waals surface area contributed by atoms with Gasteiger partial charge in [0.15, 0.2) is 17.3 Å². The minimum absolute atomic E-state index is 0.219. The second-order valence-corrected chi connectivity index (χ2v) is 10.8. The van der Waals surface area contributed by atoms with Gasteiger partial charge in [-0.15, -0.1) is 0 Å². The van der Waals surface area contributed by atoms with Crippen LogP contribution in [0.15, 0.2) is 17.1 Å².